The van der Waals surface area contributed by atoms with Crippen LogP contribution in [-0.4, -0.2) is 30.3 Å². The van der Waals surface area contributed by atoms with Crippen LogP contribution in [0.2, 0.25) is 0 Å². The van der Waals surface area contributed by atoms with Crippen molar-refractivity contribution in [3.63, 3.8) is 0 Å². The third kappa shape index (κ3) is 4.44. The van der Waals surface area contributed by atoms with Gasteiger partial charge in [-0.15, -0.1) is 0 Å². The SMILES string of the molecule is Cc1cccc(C)c1OCC(=O)NC[C@@H](C)O. The molecule has 17 heavy (non-hydrogen) atoms. The lowest BCUT2D eigenvalue weighted by Crippen LogP contribution is -2.34. The van der Waals surface area contributed by atoms with Crippen LogP contribution in [-0.2, 0) is 4.79 Å². The minimum absolute atomic E-state index is 0.0294. The van der Waals surface area contributed by atoms with Gasteiger partial charge in [0.25, 0.3) is 5.91 Å². The Balaban J connectivity index is 2.47. The van der Waals surface area contributed by atoms with Crippen molar-refractivity contribution in [2.45, 2.75) is 26.9 Å². The molecule has 1 aromatic carbocycles. The van der Waals surface area contributed by atoms with Crippen molar-refractivity contribution in [3.05, 3.63) is 29.3 Å². The number of aliphatic hydroxyl groups is 1. The van der Waals surface area contributed by atoms with Gasteiger partial charge in [-0.3, -0.25) is 4.79 Å². The summed E-state index contributed by atoms with van der Waals surface area (Å²) in [4.78, 5) is 11.4. The summed E-state index contributed by atoms with van der Waals surface area (Å²) < 4.78 is 5.47. The van der Waals surface area contributed by atoms with Gasteiger partial charge >= 0.3 is 0 Å². The molecule has 4 nitrogen and oxygen atoms in total. The third-order valence-electron chi connectivity index (χ3n) is 2.35. The second-order valence-electron chi connectivity index (χ2n) is 4.16. The van der Waals surface area contributed by atoms with Gasteiger partial charge in [-0.05, 0) is 31.9 Å². The summed E-state index contributed by atoms with van der Waals surface area (Å²) in [5.74, 6) is 0.522. The number of carbonyl (C=O) groups excluding carboxylic acids is 1. The van der Waals surface area contributed by atoms with Gasteiger partial charge in [0.1, 0.15) is 5.75 Å². The highest BCUT2D eigenvalue weighted by Gasteiger charge is 2.07. The quantitative estimate of drug-likeness (QED) is 0.808. The second-order valence-corrected chi connectivity index (χ2v) is 4.16. The Morgan fingerprint density at radius 2 is 2.00 bits per heavy atom. The standard InChI is InChI=1S/C13H19NO3/c1-9-5-4-6-10(2)13(9)17-8-12(16)14-7-11(3)15/h4-6,11,15H,7-8H2,1-3H3,(H,14,16)/t11-/m1/s1. The van der Waals surface area contributed by atoms with E-state index in [2.05, 4.69) is 5.32 Å². The lowest BCUT2D eigenvalue weighted by atomic mass is 10.1. The van der Waals surface area contributed by atoms with E-state index in [4.69, 9.17) is 9.84 Å². The van der Waals surface area contributed by atoms with Gasteiger partial charge in [0, 0.05) is 6.54 Å². The van der Waals surface area contributed by atoms with E-state index < -0.39 is 6.10 Å². The van der Waals surface area contributed by atoms with Crippen molar-refractivity contribution in [1.29, 1.82) is 0 Å². The number of amides is 1. The Morgan fingerprint density at radius 1 is 1.41 bits per heavy atom. The number of rotatable bonds is 5. The molecule has 4 heteroatoms. The van der Waals surface area contributed by atoms with Crippen LogP contribution in [0.4, 0.5) is 0 Å². The lowest BCUT2D eigenvalue weighted by molar-refractivity contribution is -0.123. The topological polar surface area (TPSA) is 58.6 Å². The molecule has 94 valence electrons. The number of benzene rings is 1. The number of aliphatic hydroxyl groups excluding tert-OH is 1. The fraction of sp³-hybridized carbons (Fsp3) is 0.462. The summed E-state index contributed by atoms with van der Waals surface area (Å²) in [6, 6.07) is 5.83. The van der Waals surface area contributed by atoms with Crippen LogP contribution >= 0.6 is 0 Å². The molecule has 0 bridgehead atoms. The van der Waals surface area contributed by atoms with Crippen molar-refractivity contribution in [2.75, 3.05) is 13.2 Å². The molecule has 0 aromatic heterocycles. The largest absolute Gasteiger partial charge is 0.483 e. The van der Waals surface area contributed by atoms with E-state index >= 15 is 0 Å². The predicted molar refractivity (Wildman–Crippen MR) is 66.1 cm³/mol. The normalized spacial score (nSPS) is 12.0. The van der Waals surface area contributed by atoms with Gasteiger partial charge < -0.3 is 15.2 Å². The minimum Gasteiger partial charge on any atom is -0.483 e. The Hall–Kier alpha value is -1.55. The molecule has 1 rings (SSSR count). The summed E-state index contributed by atoms with van der Waals surface area (Å²) >= 11 is 0. The van der Waals surface area contributed by atoms with Gasteiger partial charge in [-0.25, -0.2) is 0 Å². The van der Waals surface area contributed by atoms with Gasteiger partial charge in [-0.1, -0.05) is 18.2 Å². The summed E-state index contributed by atoms with van der Waals surface area (Å²) in [5, 5.41) is 11.6. The maximum atomic E-state index is 11.4. The number of para-hydroxylation sites is 1. The first kappa shape index (κ1) is 13.5. The fourth-order valence-electron chi connectivity index (χ4n) is 1.48. The molecular formula is C13H19NO3. The zero-order valence-corrected chi connectivity index (χ0v) is 10.5. The van der Waals surface area contributed by atoms with Gasteiger partial charge in [-0.2, -0.15) is 0 Å². The number of ether oxygens (including phenoxy) is 1. The van der Waals surface area contributed by atoms with Gasteiger partial charge in [0.15, 0.2) is 6.61 Å². The molecule has 1 aromatic rings. The number of aryl methyl sites for hydroxylation is 2. The highest BCUT2D eigenvalue weighted by atomic mass is 16.5. The van der Waals surface area contributed by atoms with Crippen molar-refractivity contribution >= 4 is 5.91 Å². The van der Waals surface area contributed by atoms with Crippen molar-refractivity contribution in [3.8, 4) is 5.75 Å². The molecule has 0 heterocycles. The zero-order chi connectivity index (χ0) is 12.8. The number of nitrogens with one attached hydrogen (secondary N) is 1. The molecule has 0 unspecified atom stereocenters. The lowest BCUT2D eigenvalue weighted by Gasteiger charge is -2.12. The third-order valence-corrected chi connectivity index (χ3v) is 2.35. The van der Waals surface area contributed by atoms with Crippen molar-refractivity contribution < 1.29 is 14.6 Å². The van der Waals surface area contributed by atoms with Crippen molar-refractivity contribution in [2.24, 2.45) is 0 Å². The van der Waals surface area contributed by atoms with Gasteiger partial charge in [0.2, 0.25) is 0 Å². The molecule has 1 amide bonds. The molecule has 2 N–H and O–H groups in total. The monoisotopic (exact) mass is 237 g/mol. The van der Waals surface area contributed by atoms with Crippen LogP contribution in [0.1, 0.15) is 18.1 Å². The number of hydrogen-bond acceptors (Lipinski definition) is 3. The molecule has 0 saturated carbocycles. The maximum Gasteiger partial charge on any atom is 0.258 e. The first-order valence-corrected chi connectivity index (χ1v) is 5.64. The zero-order valence-electron chi connectivity index (χ0n) is 10.5. The van der Waals surface area contributed by atoms with E-state index in [0.717, 1.165) is 16.9 Å². The molecule has 0 fully saturated rings. The average molecular weight is 237 g/mol. The Labute approximate surface area is 102 Å². The average Bonchev–Trinajstić information content (AvgIpc) is 2.25. The number of hydrogen-bond donors (Lipinski definition) is 2. The van der Waals surface area contributed by atoms with Crippen LogP contribution < -0.4 is 10.1 Å². The summed E-state index contributed by atoms with van der Waals surface area (Å²) in [6.45, 7) is 5.71. The highest BCUT2D eigenvalue weighted by Crippen LogP contribution is 2.21. The highest BCUT2D eigenvalue weighted by molar-refractivity contribution is 5.77. The van der Waals surface area contributed by atoms with Crippen LogP contribution in [0, 0.1) is 13.8 Å². The van der Waals surface area contributed by atoms with Gasteiger partial charge in [0.05, 0.1) is 6.10 Å². The fourth-order valence-corrected chi connectivity index (χ4v) is 1.48. The maximum absolute atomic E-state index is 11.4. The molecule has 0 radical (unpaired) electrons. The van der Waals surface area contributed by atoms with E-state index in [-0.39, 0.29) is 19.1 Å². The van der Waals surface area contributed by atoms with Crippen LogP contribution in [0.25, 0.3) is 0 Å². The summed E-state index contributed by atoms with van der Waals surface area (Å²) in [5.41, 5.74) is 2.02. The molecule has 0 aliphatic carbocycles. The molecule has 0 spiro atoms. The number of carbonyl (C=O) groups is 1. The Morgan fingerprint density at radius 3 is 2.53 bits per heavy atom. The molecular weight excluding hydrogens is 218 g/mol. The molecule has 0 aliphatic rings. The first-order valence-electron chi connectivity index (χ1n) is 5.64. The van der Waals surface area contributed by atoms with E-state index in [1.54, 1.807) is 6.92 Å². The minimum atomic E-state index is -0.542. The smallest absolute Gasteiger partial charge is 0.258 e. The summed E-state index contributed by atoms with van der Waals surface area (Å²) in [7, 11) is 0. The van der Waals surface area contributed by atoms with Crippen molar-refractivity contribution in [1.82, 2.24) is 5.32 Å². The molecule has 0 aliphatic heterocycles. The molecule has 0 saturated heterocycles. The van der Waals surface area contributed by atoms with Crippen LogP contribution in [0.3, 0.4) is 0 Å². The predicted octanol–water partition coefficient (Wildman–Crippen LogP) is 1.18. The van der Waals surface area contributed by atoms with E-state index in [9.17, 15) is 4.79 Å². The Bertz CT molecular complexity index is 368. The first-order chi connectivity index (χ1) is 8.00. The van der Waals surface area contributed by atoms with E-state index in [0.29, 0.717) is 0 Å². The van der Waals surface area contributed by atoms with Crippen LogP contribution in [0.5, 0.6) is 5.75 Å². The molecule has 1 atom stereocenters. The second kappa shape index (κ2) is 6.25. The Kier molecular flexibility index (Phi) is 4.97. The summed E-state index contributed by atoms with van der Waals surface area (Å²) in [6.07, 6.45) is -0.542. The van der Waals surface area contributed by atoms with E-state index in [1.807, 2.05) is 32.0 Å². The van der Waals surface area contributed by atoms with Crippen LogP contribution in [0.15, 0.2) is 18.2 Å². The van der Waals surface area contributed by atoms with E-state index in [1.165, 1.54) is 0 Å².